The van der Waals surface area contributed by atoms with Crippen LogP contribution >= 0.6 is 0 Å². The monoisotopic (exact) mass is 269 g/mol. The maximum atomic E-state index is 12.5. The van der Waals surface area contributed by atoms with E-state index in [0.717, 1.165) is 11.1 Å². The summed E-state index contributed by atoms with van der Waals surface area (Å²) in [5.41, 5.74) is 1.81. The summed E-state index contributed by atoms with van der Waals surface area (Å²) in [7, 11) is 0. The SMILES string of the molecule is CC(C)NC(=O)C(c1ccccc1)c1ccc(O)cc1. The molecule has 0 saturated carbocycles. The number of carbonyl (C=O) groups is 1. The predicted molar refractivity (Wildman–Crippen MR) is 79.7 cm³/mol. The van der Waals surface area contributed by atoms with Gasteiger partial charge < -0.3 is 10.4 Å². The van der Waals surface area contributed by atoms with Crippen LogP contribution in [-0.4, -0.2) is 17.1 Å². The number of hydrogen-bond acceptors (Lipinski definition) is 2. The fourth-order valence-electron chi connectivity index (χ4n) is 2.18. The van der Waals surface area contributed by atoms with Crippen LogP contribution in [0.2, 0.25) is 0 Å². The largest absolute Gasteiger partial charge is 0.508 e. The van der Waals surface area contributed by atoms with Crippen LogP contribution < -0.4 is 5.32 Å². The Morgan fingerprint density at radius 2 is 1.50 bits per heavy atom. The average Bonchev–Trinajstić information content (AvgIpc) is 2.42. The van der Waals surface area contributed by atoms with Crippen molar-refractivity contribution in [2.45, 2.75) is 25.8 Å². The van der Waals surface area contributed by atoms with E-state index < -0.39 is 0 Å². The number of amides is 1. The fraction of sp³-hybridized carbons (Fsp3) is 0.235. The Hall–Kier alpha value is -2.29. The molecule has 0 spiro atoms. The molecule has 2 rings (SSSR count). The summed E-state index contributed by atoms with van der Waals surface area (Å²) in [4.78, 5) is 12.5. The molecule has 0 radical (unpaired) electrons. The van der Waals surface area contributed by atoms with Gasteiger partial charge in [-0.05, 0) is 37.1 Å². The van der Waals surface area contributed by atoms with E-state index in [1.54, 1.807) is 24.3 Å². The van der Waals surface area contributed by atoms with Gasteiger partial charge in [0.15, 0.2) is 0 Å². The fourth-order valence-corrected chi connectivity index (χ4v) is 2.18. The first-order chi connectivity index (χ1) is 9.58. The van der Waals surface area contributed by atoms with Gasteiger partial charge >= 0.3 is 0 Å². The summed E-state index contributed by atoms with van der Waals surface area (Å²) in [5.74, 6) is -0.194. The normalized spacial score (nSPS) is 12.2. The molecule has 2 aromatic carbocycles. The van der Waals surface area contributed by atoms with Crippen molar-refractivity contribution in [2.24, 2.45) is 0 Å². The van der Waals surface area contributed by atoms with Gasteiger partial charge in [-0.15, -0.1) is 0 Å². The lowest BCUT2D eigenvalue weighted by atomic mass is 9.90. The van der Waals surface area contributed by atoms with Crippen LogP contribution in [-0.2, 0) is 4.79 Å². The highest BCUT2D eigenvalue weighted by Gasteiger charge is 2.22. The van der Waals surface area contributed by atoms with E-state index in [-0.39, 0.29) is 23.6 Å². The lowest BCUT2D eigenvalue weighted by Gasteiger charge is -2.19. The minimum atomic E-state index is -0.362. The van der Waals surface area contributed by atoms with Gasteiger partial charge in [-0.25, -0.2) is 0 Å². The van der Waals surface area contributed by atoms with Crippen LogP contribution in [0.15, 0.2) is 54.6 Å². The number of nitrogens with one attached hydrogen (secondary N) is 1. The van der Waals surface area contributed by atoms with Crippen LogP contribution in [0.1, 0.15) is 30.9 Å². The summed E-state index contributed by atoms with van der Waals surface area (Å²) >= 11 is 0. The number of phenols is 1. The maximum absolute atomic E-state index is 12.5. The molecule has 2 N–H and O–H groups in total. The molecule has 1 unspecified atom stereocenters. The molecule has 0 aliphatic carbocycles. The molecule has 0 heterocycles. The highest BCUT2D eigenvalue weighted by Crippen LogP contribution is 2.26. The number of phenolic OH excluding ortho intramolecular Hbond substituents is 1. The molecule has 0 fully saturated rings. The highest BCUT2D eigenvalue weighted by molar-refractivity contribution is 5.87. The Morgan fingerprint density at radius 3 is 2.05 bits per heavy atom. The van der Waals surface area contributed by atoms with Gasteiger partial charge in [-0.2, -0.15) is 0 Å². The molecule has 0 bridgehead atoms. The second-order valence-electron chi connectivity index (χ2n) is 5.10. The Morgan fingerprint density at radius 1 is 0.950 bits per heavy atom. The van der Waals surface area contributed by atoms with Crippen molar-refractivity contribution in [1.29, 1.82) is 0 Å². The van der Waals surface area contributed by atoms with Gasteiger partial charge in [0.2, 0.25) is 5.91 Å². The van der Waals surface area contributed by atoms with E-state index >= 15 is 0 Å². The number of aromatic hydroxyl groups is 1. The first kappa shape index (κ1) is 14.1. The van der Waals surface area contributed by atoms with Gasteiger partial charge in [-0.1, -0.05) is 42.5 Å². The lowest BCUT2D eigenvalue weighted by molar-refractivity contribution is -0.122. The van der Waals surface area contributed by atoms with E-state index in [2.05, 4.69) is 5.32 Å². The summed E-state index contributed by atoms with van der Waals surface area (Å²) in [5, 5.41) is 12.3. The van der Waals surface area contributed by atoms with Crippen molar-refractivity contribution in [3.63, 3.8) is 0 Å². The number of rotatable bonds is 4. The molecule has 0 aliphatic heterocycles. The third-order valence-corrected chi connectivity index (χ3v) is 3.05. The van der Waals surface area contributed by atoms with Gasteiger partial charge in [0, 0.05) is 6.04 Å². The van der Waals surface area contributed by atoms with E-state index in [9.17, 15) is 9.90 Å². The number of hydrogen-bond donors (Lipinski definition) is 2. The Bertz CT molecular complexity index is 561. The molecule has 1 amide bonds. The maximum Gasteiger partial charge on any atom is 0.232 e. The Balaban J connectivity index is 2.39. The van der Waals surface area contributed by atoms with E-state index in [1.807, 2.05) is 44.2 Å². The summed E-state index contributed by atoms with van der Waals surface area (Å²) in [6.45, 7) is 3.88. The first-order valence-corrected chi connectivity index (χ1v) is 6.72. The van der Waals surface area contributed by atoms with Crippen molar-refractivity contribution < 1.29 is 9.90 Å². The third-order valence-electron chi connectivity index (χ3n) is 3.05. The summed E-state index contributed by atoms with van der Waals surface area (Å²) < 4.78 is 0. The van der Waals surface area contributed by atoms with Crippen LogP contribution in [0.4, 0.5) is 0 Å². The van der Waals surface area contributed by atoms with Crippen LogP contribution in [0, 0.1) is 0 Å². The van der Waals surface area contributed by atoms with Crippen LogP contribution in [0.25, 0.3) is 0 Å². The first-order valence-electron chi connectivity index (χ1n) is 6.72. The van der Waals surface area contributed by atoms with Gasteiger partial charge in [-0.3, -0.25) is 4.79 Å². The van der Waals surface area contributed by atoms with Gasteiger partial charge in [0.25, 0.3) is 0 Å². The standard InChI is InChI=1S/C17H19NO2/c1-12(2)18-17(20)16(13-6-4-3-5-7-13)14-8-10-15(19)11-9-14/h3-12,16,19H,1-2H3,(H,18,20). The van der Waals surface area contributed by atoms with E-state index in [4.69, 9.17) is 0 Å². The second-order valence-corrected chi connectivity index (χ2v) is 5.10. The molecule has 1 atom stereocenters. The summed E-state index contributed by atoms with van der Waals surface area (Å²) in [6.07, 6.45) is 0. The predicted octanol–water partition coefficient (Wildman–Crippen LogP) is 3.05. The van der Waals surface area contributed by atoms with Crippen molar-refractivity contribution in [3.05, 3.63) is 65.7 Å². The molecular formula is C17H19NO2. The zero-order chi connectivity index (χ0) is 14.5. The van der Waals surface area contributed by atoms with Gasteiger partial charge in [0.1, 0.15) is 5.75 Å². The van der Waals surface area contributed by atoms with Crippen molar-refractivity contribution >= 4 is 5.91 Å². The molecule has 104 valence electrons. The van der Waals surface area contributed by atoms with E-state index in [1.165, 1.54) is 0 Å². The second kappa shape index (κ2) is 6.24. The van der Waals surface area contributed by atoms with Crippen molar-refractivity contribution in [3.8, 4) is 5.75 Å². The zero-order valence-corrected chi connectivity index (χ0v) is 11.7. The van der Waals surface area contributed by atoms with E-state index in [0.29, 0.717) is 0 Å². The van der Waals surface area contributed by atoms with Gasteiger partial charge in [0.05, 0.1) is 5.92 Å². The number of carbonyl (C=O) groups excluding carboxylic acids is 1. The van der Waals surface area contributed by atoms with Crippen LogP contribution in [0.3, 0.4) is 0 Å². The molecule has 2 aromatic rings. The van der Waals surface area contributed by atoms with Crippen molar-refractivity contribution in [1.82, 2.24) is 5.32 Å². The molecular weight excluding hydrogens is 250 g/mol. The molecule has 0 aromatic heterocycles. The smallest absolute Gasteiger partial charge is 0.232 e. The molecule has 20 heavy (non-hydrogen) atoms. The molecule has 0 aliphatic rings. The minimum Gasteiger partial charge on any atom is -0.508 e. The molecule has 0 saturated heterocycles. The average molecular weight is 269 g/mol. The third kappa shape index (κ3) is 3.38. The minimum absolute atomic E-state index is 0.0307. The Labute approximate surface area is 119 Å². The zero-order valence-electron chi connectivity index (χ0n) is 11.7. The quantitative estimate of drug-likeness (QED) is 0.896. The molecule has 3 heteroatoms. The highest BCUT2D eigenvalue weighted by atomic mass is 16.3. The summed E-state index contributed by atoms with van der Waals surface area (Å²) in [6, 6.07) is 16.5. The lowest BCUT2D eigenvalue weighted by Crippen LogP contribution is -2.35. The van der Waals surface area contributed by atoms with Crippen LogP contribution in [0.5, 0.6) is 5.75 Å². The van der Waals surface area contributed by atoms with Crippen molar-refractivity contribution in [2.75, 3.05) is 0 Å². The topological polar surface area (TPSA) is 49.3 Å². The molecule has 3 nitrogen and oxygen atoms in total. The number of benzene rings is 2. The Kier molecular flexibility index (Phi) is 4.41.